The molecule has 3 aromatic rings. The molecule has 0 unspecified atom stereocenters. The number of aromatic nitrogens is 1. The van der Waals surface area contributed by atoms with Gasteiger partial charge >= 0.3 is 0 Å². The second-order valence-electron chi connectivity index (χ2n) is 5.48. The minimum atomic E-state index is -0.461. The summed E-state index contributed by atoms with van der Waals surface area (Å²) in [6, 6.07) is 14.5. The monoisotopic (exact) mass is 355 g/mol. The van der Waals surface area contributed by atoms with E-state index in [0.717, 1.165) is 16.9 Å². The summed E-state index contributed by atoms with van der Waals surface area (Å²) in [6.45, 7) is 1.97. The molecule has 4 nitrogen and oxygen atoms in total. The number of carbonyl (C=O) groups excluding carboxylic acids is 1. The summed E-state index contributed by atoms with van der Waals surface area (Å²) in [5.41, 5.74) is 2.92. The Balaban J connectivity index is 1.70. The van der Waals surface area contributed by atoms with Gasteiger partial charge in [-0.05, 0) is 55.0 Å². The van der Waals surface area contributed by atoms with Crippen molar-refractivity contribution in [1.29, 1.82) is 0 Å². The van der Waals surface area contributed by atoms with E-state index < -0.39 is 11.7 Å². The maximum absolute atomic E-state index is 13.2. The highest BCUT2D eigenvalue weighted by Gasteiger charge is 2.08. The summed E-state index contributed by atoms with van der Waals surface area (Å²) < 4.78 is 13.2. The van der Waals surface area contributed by atoms with Gasteiger partial charge in [0, 0.05) is 16.3 Å². The maximum atomic E-state index is 13.2. The zero-order chi connectivity index (χ0) is 17.8. The third-order valence-corrected chi connectivity index (χ3v) is 3.81. The van der Waals surface area contributed by atoms with Crippen molar-refractivity contribution in [3.8, 4) is 0 Å². The van der Waals surface area contributed by atoms with Gasteiger partial charge in [-0.2, -0.15) is 0 Å². The average molecular weight is 356 g/mol. The second-order valence-corrected chi connectivity index (χ2v) is 5.92. The molecule has 2 aromatic carbocycles. The Kier molecular flexibility index (Phi) is 4.95. The second kappa shape index (κ2) is 7.32. The van der Waals surface area contributed by atoms with Crippen LogP contribution in [-0.4, -0.2) is 10.9 Å². The van der Waals surface area contributed by atoms with E-state index in [9.17, 15) is 9.18 Å². The van der Waals surface area contributed by atoms with E-state index in [1.54, 1.807) is 18.3 Å². The van der Waals surface area contributed by atoms with Gasteiger partial charge in [0.15, 0.2) is 0 Å². The van der Waals surface area contributed by atoms with Gasteiger partial charge in [-0.1, -0.05) is 23.7 Å². The van der Waals surface area contributed by atoms with Gasteiger partial charge < -0.3 is 10.6 Å². The number of anilines is 3. The number of benzene rings is 2. The molecule has 0 spiro atoms. The van der Waals surface area contributed by atoms with Crippen molar-refractivity contribution in [3.63, 3.8) is 0 Å². The molecule has 6 heteroatoms. The van der Waals surface area contributed by atoms with Crippen molar-refractivity contribution in [3.05, 3.63) is 82.8 Å². The molecule has 0 saturated heterocycles. The number of amides is 1. The van der Waals surface area contributed by atoms with Gasteiger partial charge in [0.25, 0.3) is 5.91 Å². The highest BCUT2D eigenvalue weighted by Crippen LogP contribution is 2.24. The molecule has 0 aliphatic rings. The summed E-state index contributed by atoms with van der Waals surface area (Å²) in [7, 11) is 0. The third kappa shape index (κ3) is 4.33. The normalized spacial score (nSPS) is 10.4. The van der Waals surface area contributed by atoms with E-state index in [1.165, 1.54) is 24.3 Å². The fourth-order valence-electron chi connectivity index (χ4n) is 2.24. The molecule has 1 aromatic heterocycles. The van der Waals surface area contributed by atoms with Crippen molar-refractivity contribution in [2.24, 2.45) is 0 Å². The standard InChI is InChI=1S/C19H15ClFN3O/c1-12-5-6-14(20)10-17(12)23-16-7-8-18(22-11-16)24-19(25)13-3-2-4-15(21)9-13/h2-11,23H,1H3,(H,22,24,25). The largest absolute Gasteiger partial charge is 0.354 e. The van der Waals surface area contributed by atoms with Crippen molar-refractivity contribution < 1.29 is 9.18 Å². The lowest BCUT2D eigenvalue weighted by Crippen LogP contribution is -2.13. The van der Waals surface area contributed by atoms with E-state index in [0.29, 0.717) is 10.8 Å². The Morgan fingerprint density at radius 3 is 2.68 bits per heavy atom. The van der Waals surface area contributed by atoms with Gasteiger partial charge in [0.05, 0.1) is 11.9 Å². The zero-order valence-corrected chi connectivity index (χ0v) is 14.1. The maximum Gasteiger partial charge on any atom is 0.256 e. The Labute approximate surface area is 149 Å². The Bertz CT molecular complexity index is 913. The number of rotatable bonds is 4. The molecular formula is C19H15ClFN3O. The van der Waals surface area contributed by atoms with Crippen LogP contribution in [0.1, 0.15) is 15.9 Å². The van der Waals surface area contributed by atoms with E-state index in [4.69, 9.17) is 11.6 Å². The summed E-state index contributed by atoms with van der Waals surface area (Å²) in [4.78, 5) is 16.3. The molecule has 1 amide bonds. The Morgan fingerprint density at radius 2 is 1.96 bits per heavy atom. The van der Waals surface area contributed by atoms with Gasteiger partial charge in [-0.25, -0.2) is 9.37 Å². The summed E-state index contributed by atoms with van der Waals surface area (Å²) in [5.74, 6) is -0.502. The van der Waals surface area contributed by atoms with Crippen LogP contribution in [0.5, 0.6) is 0 Å². The lowest BCUT2D eigenvalue weighted by Gasteiger charge is -2.10. The molecule has 0 fully saturated rings. The molecule has 0 aliphatic heterocycles. The molecule has 25 heavy (non-hydrogen) atoms. The molecular weight excluding hydrogens is 341 g/mol. The minimum Gasteiger partial charge on any atom is -0.354 e. The predicted molar refractivity (Wildman–Crippen MR) is 98.1 cm³/mol. The van der Waals surface area contributed by atoms with Crippen LogP contribution >= 0.6 is 11.6 Å². The number of halogens is 2. The highest BCUT2D eigenvalue weighted by molar-refractivity contribution is 6.30. The highest BCUT2D eigenvalue weighted by atomic mass is 35.5. The van der Waals surface area contributed by atoms with Gasteiger partial charge in [0.2, 0.25) is 0 Å². The third-order valence-electron chi connectivity index (χ3n) is 3.57. The van der Waals surface area contributed by atoms with Crippen LogP contribution in [0.25, 0.3) is 0 Å². The van der Waals surface area contributed by atoms with Gasteiger partial charge in [-0.15, -0.1) is 0 Å². The predicted octanol–water partition coefficient (Wildman–Crippen LogP) is 5.18. The van der Waals surface area contributed by atoms with Crippen molar-refractivity contribution >= 4 is 34.7 Å². The van der Waals surface area contributed by atoms with Crippen LogP contribution in [-0.2, 0) is 0 Å². The first-order valence-corrected chi connectivity index (χ1v) is 7.95. The number of nitrogens with zero attached hydrogens (tertiary/aromatic N) is 1. The zero-order valence-electron chi connectivity index (χ0n) is 13.4. The Morgan fingerprint density at radius 1 is 1.12 bits per heavy atom. The van der Waals surface area contributed by atoms with E-state index >= 15 is 0 Å². The smallest absolute Gasteiger partial charge is 0.256 e. The lowest BCUT2D eigenvalue weighted by molar-refractivity contribution is 0.102. The van der Waals surface area contributed by atoms with Gasteiger partial charge in [0.1, 0.15) is 11.6 Å². The van der Waals surface area contributed by atoms with Crippen LogP contribution < -0.4 is 10.6 Å². The average Bonchev–Trinajstić information content (AvgIpc) is 2.60. The van der Waals surface area contributed by atoms with Crippen molar-refractivity contribution in [1.82, 2.24) is 4.98 Å². The minimum absolute atomic E-state index is 0.235. The van der Waals surface area contributed by atoms with E-state index in [1.807, 2.05) is 25.1 Å². The molecule has 3 rings (SSSR count). The summed E-state index contributed by atoms with van der Waals surface area (Å²) in [6.07, 6.45) is 1.60. The van der Waals surface area contributed by atoms with Crippen LogP contribution in [0, 0.1) is 12.7 Å². The number of hydrogen-bond acceptors (Lipinski definition) is 3. The molecule has 2 N–H and O–H groups in total. The first-order chi connectivity index (χ1) is 12.0. The molecule has 0 atom stereocenters. The number of nitrogens with one attached hydrogen (secondary N) is 2. The number of carbonyl (C=O) groups is 1. The van der Waals surface area contributed by atoms with Crippen LogP contribution in [0.4, 0.5) is 21.6 Å². The Hall–Kier alpha value is -2.92. The fraction of sp³-hybridized carbons (Fsp3) is 0.0526. The van der Waals surface area contributed by atoms with Crippen LogP contribution in [0.3, 0.4) is 0 Å². The number of aryl methyl sites for hydroxylation is 1. The molecule has 0 saturated carbocycles. The van der Waals surface area contributed by atoms with Crippen LogP contribution in [0.15, 0.2) is 60.8 Å². The first kappa shape index (κ1) is 16.9. The van der Waals surface area contributed by atoms with Gasteiger partial charge in [-0.3, -0.25) is 4.79 Å². The molecule has 0 bridgehead atoms. The topological polar surface area (TPSA) is 54.0 Å². The fourth-order valence-corrected chi connectivity index (χ4v) is 2.42. The van der Waals surface area contributed by atoms with Crippen LogP contribution in [0.2, 0.25) is 5.02 Å². The molecule has 0 aliphatic carbocycles. The van der Waals surface area contributed by atoms with E-state index in [2.05, 4.69) is 15.6 Å². The number of pyridine rings is 1. The summed E-state index contributed by atoms with van der Waals surface area (Å²) in [5, 5.41) is 6.49. The lowest BCUT2D eigenvalue weighted by atomic mass is 10.2. The van der Waals surface area contributed by atoms with Crippen molar-refractivity contribution in [2.45, 2.75) is 6.92 Å². The molecule has 126 valence electrons. The van der Waals surface area contributed by atoms with E-state index in [-0.39, 0.29) is 5.56 Å². The SMILES string of the molecule is Cc1ccc(Cl)cc1Nc1ccc(NC(=O)c2cccc(F)c2)nc1. The van der Waals surface area contributed by atoms with Crippen molar-refractivity contribution in [2.75, 3.05) is 10.6 Å². The quantitative estimate of drug-likeness (QED) is 0.678. The molecule has 0 radical (unpaired) electrons. The summed E-state index contributed by atoms with van der Waals surface area (Å²) >= 11 is 6.01. The first-order valence-electron chi connectivity index (χ1n) is 7.57. The number of hydrogen-bond donors (Lipinski definition) is 2. The molecule has 1 heterocycles.